The number of halogens is 3. The summed E-state index contributed by atoms with van der Waals surface area (Å²) in [5.41, 5.74) is 7.12. The maximum Gasteiger partial charge on any atom is 0.573 e. The van der Waals surface area contributed by atoms with Gasteiger partial charge in [-0.05, 0) is 53.1 Å². The van der Waals surface area contributed by atoms with Gasteiger partial charge in [-0.3, -0.25) is 4.79 Å². The molecule has 0 unspecified atom stereocenters. The van der Waals surface area contributed by atoms with E-state index >= 15 is 0 Å². The zero-order valence-electron chi connectivity index (χ0n) is 15.8. The molecule has 0 aromatic heterocycles. The number of benzene rings is 3. The molecular weight excluding hydrogens is 397 g/mol. The number of nitrogens with two attached hydrogens (primary N) is 1. The predicted molar refractivity (Wildman–Crippen MR) is 106 cm³/mol. The summed E-state index contributed by atoms with van der Waals surface area (Å²) >= 11 is 0. The van der Waals surface area contributed by atoms with Crippen LogP contribution in [0.2, 0.25) is 0 Å². The second kappa shape index (κ2) is 7.53. The van der Waals surface area contributed by atoms with Gasteiger partial charge < -0.3 is 20.5 Å². The van der Waals surface area contributed by atoms with E-state index in [1.807, 2.05) is 0 Å². The molecule has 4 rings (SSSR count). The Balaban J connectivity index is 1.73. The number of hydrogen-bond acceptors (Lipinski definition) is 4. The van der Waals surface area contributed by atoms with Gasteiger partial charge in [-0.2, -0.15) is 0 Å². The number of phenols is 1. The van der Waals surface area contributed by atoms with Gasteiger partial charge in [0.05, 0.1) is 0 Å². The normalized spacial score (nSPS) is 16.8. The summed E-state index contributed by atoms with van der Waals surface area (Å²) in [4.78, 5) is 14.4. The van der Waals surface area contributed by atoms with E-state index in [0.717, 1.165) is 30.0 Å². The lowest BCUT2D eigenvalue weighted by Crippen LogP contribution is -2.31. The molecule has 1 aliphatic rings. The van der Waals surface area contributed by atoms with Crippen LogP contribution >= 0.6 is 0 Å². The highest BCUT2D eigenvalue weighted by atomic mass is 19.4. The van der Waals surface area contributed by atoms with Gasteiger partial charge in [-0.25, -0.2) is 0 Å². The smallest absolute Gasteiger partial charge is 0.507 e. The van der Waals surface area contributed by atoms with Crippen molar-refractivity contribution < 1.29 is 27.8 Å². The fourth-order valence-electron chi connectivity index (χ4n) is 3.73. The third-order valence-electron chi connectivity index (χ3n) is 5.13. The van der Waals surface area contributed by atoms with Gasteiger partial charge in [0, 0.05) is 30.3 Å². The number of phenolic OH excluding ortho intramolecular Hbond substituents is 1. The molecule has 1 fully saturated rings. The first-order valence-electron chi connectivity index (χ1n) is 9.38. The first-order chi connectivity index (χ1) is 14.2. The molecule has 5 nitrogen and oxygen atoms in total. The summed E-state index contributed by atoms with van der Waals surface area (Å²) in [6, 6.07) is 13.7. The largest absolute Gasteiger partial charge is 0.573 e. The van der Waals surface area contributed by atoms with Crippen molar-refractivity contribution in [1.82, 2.24) is 4.90 Å². The standard InChI is InChI=1S/C22H19F3N2O3/c23-22(24,25)30-16-5-7-20(28)19(11-16)18-3-1-2-13-10-14(4-6-17(13)18)21(29)27-9-8-15(26)12-27/h1-7,10-11,15,28H,8-9,12,26H2/t15-/m1/s1. The van der Waals surface area contributed by atoms with Crippen molar-refractivity contribution in [3.8, 4) is 22.6 Å². The number of hydrogen-bond donors (Lipinski definition) is 2. The zero-order chi connectivity index (χ0) is 21.5. The lowest BCUT2D eigenvalue weighted by atomic mass is 9.96. The molecule has 1 atom stereocenters. The summed E-state index contributed by atoms with van der Waals surface area (Å²) in [6.45, 7) is 1.12. The molecule has 0 saturated carbocycles. The Hall–Kier alpha value is -3.26. The van der Waals surface area contributed by atoms with Crippen molar-refractivity contribution in [2.45, 2.75) is 18.8 Å². The molecule has 0 aliphatic carbocycles. The summed E-state index contributed by atoms with van der Waals surface area (Å²) in [5, 5.41) is 11.7. The second-order valence-corrected chi connectivity index (χ2v) is 7.27. The van der Waals surface area contributed by atoms with Gasteiger partial charge in [-0.1, -0.05) is 24.3 Å². The number of nitrogens with zero attached hydrogens (tertiary/aromatic N) is 1. The van der Waals surface area contributed by atoms with Crippen LogP contribution in [0.5, 0.6) is 11.5 Å². The molecule has 30 heavy (non-hydrogen) atoms. The summed E-state index contributed by atoms with van der Waals surface area (Å²) in [7, 11) is 0. The predicted octanol–water partition coefficient (Wildman–Crippen LogP) is 4.28. The van der Waals surface area contributed by atoms with E-state index in [2.05, 4.69) is 4.74 Å². The third kappa shape index (κ3) is 4.04. The van der Waals surface area contributed by atoms with Crippen LogP contribution in [0.15, 0.2) is 54.6 Å². The molecule has 0 radical (unpaired) electrons. The number of ether oxygens (including phenoxy) is 1. The Morgan fingerprint density at radius 3 is 2.60 bits per heavy atom. The summed E-state index contributed by atoms with van der Waals surface area (Å²) < 4.78 is 41.7. The van der Waals surface area contributed by atoms with Crippen LogP contribution in [0, 0.1) is 0 Å². The van der Waals surface area contributed by atoms with Gasteiger partial charge >= 0.3 is 6.36 Å². The molecule has 0 bridgehead atoms. The average molecular weight is 416 g/mol. The van der Waals surface area contributed by atoms with Crippen LogP contribution in [0.3, 0.4) is 0 Å². The maximum atomic E-state index is 12.7. The highest BCUT2D eigenvalue weighted by Gasteiger charge is 2.31. The molecule has 1 aliphatic heterocycles. The van der Waals surface area contributed by atoms with Crippen LogP contribution in [-0.4, -0.2) is 41.4 Å². The van der Waals surface area contributed by atoms with Crippen LogP contribution in [0.25, 0.3) is 21.9 Å². The maximum absolute atomic E-state index is 12.7. The molecule has 156 valence electrons. The Kier molecular flexibility index (Phi) is 5.03. The minimum Gasteiger partial charge on any atom is -0.507 e. The molecule has 3 aromatic rings. The fraction of sp³-hybridized carbons (Fsp3) is 0.227. The second-order valence-electron chi connectivity index (χ2n) is 7.27. The van der Waals surface area contributed by atoms with E-state index in [9.17, 15) is 23.1 Å². The Morgan fingerprint density at radius 2 is 1.90 bits per heavy atom. The number of likely N-dealkylation sites (tertiary alicyclic amines) is 1. The van der Waals surface area contributed by atoms with Crippen LogP contribution in [0.1, 0.15) is 16.8 Å². The summed E-state index contributed by atoms with van der Waals surface area (Å²) in [6.07, 6.45) is -4.07. The van der Waals surface area contributed by atoms with Crippen LogP contribution < -0.4 is 10.5 Å². The molecule has 8 heteroatoms. The van der Waals surface area contributed by atoms with Gasteiger partial charge in [0.25, 0.3) is 5.91 Å². The number of rotatable bonds is 3. The number of carbonyl (C=O) groups excluding carboxylic acids is 1. The van der Waals surface area contributed by atoms with E-state index in [1.165, 1.54) is 0 Å². The molecular formula is C22H19F3N2O3. The molecule has 1 saturated heterocycles. The lowest BCUT2D eigenvalue weighted by Gasteiger charge is -2.17. The quantitative estimate of drug-likeness (QED) is 0.668. The van der Waals surface area contributed by atoms with Gasteiger partial charge in [-0.15, -0.1) is 13.2 Å². The molecule has 1 heterocycles. The topological polar surface area (TPSA) is 75.8 Å². The van der Waals surface area contributed by atoms with Crippen molar-refractivity contribution in [3.05, 3.63) is 60.2 Å². The molecule has 0 spiro atoms. The highest BCUT2D eigenvalue weighted by Crippen LogP contribution is 2.38. The number of amides is 1. The van der Waals surface area contributed by atoms with Gasteiger partial charge in [0.15, 0.2) is 0 Å². The van der Waals surface area contributed by atoms with E-state index < -0.39 is 12.1 Å². The summed E-state index contributed by atoms with van der Waals surface area (Å²) in [5.74, 6) is -0.716. The molecule has 3 aromatic carbocycles. The first-order valence-corrected chi connectivity index (χ1v) is 9.38. The first kappa shape index (κ1) is 20.0. The Labute approximate surface area is 170 Å². The number of carbonyl (C=O) groups is 1. The number of aromatic hydroxyl groups is 1. The Morgan fingerprint density at radius 1 is 1.10 bits per heavy atom. The van der Waals surface area contributed by atoms with E-state index in [0.29, 0.717) is 29.6 Å². The monoisotopic (exact) mass is 416 g/mol. The van der Waals surface area contributed by atoms with E-state index in [4.69, 9.17) is 5.73 Å². The lowest BCUT2D eigenvalue weighted by molar-refractivity contribution is -0.274. The average Bonchev–Trinajstić information content (AvgIpc) is 3.13. The van der Waals surface area contributed by atoms with Gasteiger partial charge in [0.2, 0.25) is 0 Å². The van der Waals surface area contributed by atoms with Gasteiger partial charge in [0.1, 0.15) is 11.5 Å². The van der Waals surface area contributed by atoms with Crippen LogP contribution in [-0.2, 0) is 0 Å². The highest BCUT2D eigenvalue weighted by molar-refractivity contribution is 6.03. The zero-order valence-corrected chi connectivity index (χ0v) is 15.8. The number of alkyl halides is 3. The van der Waals surface area contributed by atoms with Crippen molar-refractivity contribution in [2.75, 3.05) is 13.1 Å². The van der Waals surface area contributed by atoms with Crippen LogP contribution in [0.4, 0.5) is 13.2 Å². The van der Waals surface area contributed by atoms with Crippen molar-refractivity contribution in [2.24, 2.45) is 5.73 Å². The van der Waals surface area contributed by atoms with E-state index in [1.54, 1.807) is 41.3 Å². The molecule has 1 amide bonds. The van der Waals surface area contributed by atoms with Crippen molar-refractivity contribution in [1.29, 1.82) is 0 Å². The van der Waals surface area contributed by atoms with Crippen molar-refractivity contribution >= 4 is 16.7 Å². The fourth-order valence-corrected chi connectivity index (χ4v) is 3.73. The van der Waals surface area contributed by atoms with Crippen molar-refractivity contribution in [3.63, 3.8) is 0 Å². The minimum absolute atomic E-state index is 0.0184. The van der Waals surface area contributed by atoms with E-state index in [-0.39, 0.29) is 23.3 Å². The third-order valence-corrected chi connectivity index (χ3v) is 5.13. The SMILES string of the molecule is N[C@@H]1CCN(C(=O)c2ccc3c(-c4cc(OC(F)(F)F)ccc4O)cccc3c2)C1. The Bertz CT molecular complexity index is 1110. The minimum atomic E-state index is -4.83. The molecule has 3 N–H and O–H groups in total. The number of fused-ring (bicyclic) bond motifs is 1.